The first kappa shape index (κ1) is 21.5. The number of halogens is 2. The van der Waals surface area contributed by atoms with Crippen LogP contribution in [0.1, 0.15) is 27.5 Å². The molecular weight excluding hydrogens is 459 g/mol. The van der Waals surface area contributed by atoms with Crippen LogP contribution in [0.15, 0.2) is 77.3 Å². The molecule has 0 spiro atoms. The molecule has 4 rings (SSSR count). The van der Waals surface area contributed by atoms with Crippen LogP contribution in [0.5, 0.6) is 5.75 Å². The third-order valence-corrected chi connectivity index (χ3v) is 6.20. The van der Waals surface area contributed by atoms with E-state index in [0.29, 0.717) is 18.7 Å². The highest BCUT2D eigenvalue weighted by Gasteiger charge is 2.28. The number of benzene rings is 3. The molecule has 160 valence electrons. The number of piperazine rings is 1. The fraction of sp³-hybridized carbons (Fsp3) is 0.240. The molecule has 0 unspecified atom stereocenters. The van der Waals surface area contributed by atoms with E-state index in [9.17, 15) is 9.18 Å². The molecule has 0 aliphatic carbocycles. The van der Waals surface area contributed by atoms with Crippen LogP contribution in [0.3, 0.4) is 0 Å². The number of carbonyl (C=O) groups is 1. The molecule has 6 heteroatoms. The van der Waals surface area contributed by atoms with Crippen molar-refractivity contribution in [1.82, 2.24) is 9.80 Å². The van der Waals surface area contributed by atoms with E-state index in [1.165, 1.54) is 30.4 Å². The number of amides is 1. The maximum atomic E-state index is 14.0. The lowest BCUT2D eigenvalue weighted by molar-refractivity contribution is 0.0597. The smallest absolute Gasteiger partial charge is 0.254 e. The van der Waals surface area contributed by atoms with E-state index in [1.54, 1.807) is 11.0 Å². The fourth-order valence-electron chi connectivity index (χ4n) is 4.06. The van der Waals surface area contributed by atoms with Gasteiger partial charge in [0.2, 0.25) is 0 Å². The van der Waals surface area contributed by atoms with E-state index in [4.69, 9.17) is 4.74 Å². The van der Waals surface area contributed by atoms with Gasteiger partial charge < -0.3 is 9.64 Å². The second kappa shape index (κ2) is 9.62. The predicted molar refractivity (Wildman–Crippen MR) is 123 cm³/mol. The van der Waals surface area contributed by atoms with Gasteiger partial charge in [0.25, 0.3) is 5.91 Å². The maximum Gasteiger partial charge on any atom is 0.254 e. The Hall–Kier alpha value is -2.70. The minimum Gasteiger partial charge on any atom is -0.494 e. The third kappa shape index (κ3) is 4.81. The number of carbonyl (C=O) groups excluding carboxylic acids is 1. The zero-order chi connectivity index (χ0) is 21.8. The topological polar surface area (TPSA) is 32.8 Å². The van der Waals surface area contributed by atoms with Crippen molar-refractivity contribution < 1.29 is 13.9 Å². The summed E-state index contributed by atoms with van der Waals surface area (Å²) in [5, 5.41) is 0. The van der Waals surface area contributed by atoms with Crippen LogP contribution >= 0.6 is 15.9 Å². The van der Waals surface area contributed by atoms with E-state index in [1.807, 2.05) is 6.07 Å². The maximum absolute atomic E-state index is 14.0. The molecule has 1 amide bonds. The molecule has 0 saturated carbocycles. The number of hydrogen-bond donors (Lipinski definition) is 0. The Morgan fingerprint density at radius 3 is 2.19 bits per heavy atom. The highest BCUT2D eigenvalue weighted by Crippen LogP contribution is 2.30. The average molecular weight is 483 g/mol. The van der Waals surface area contributed by atoms with Gasteiger partial charge >= 0.3 is 0 Å². The van der Waals surface area contributed by atoms with Crippen LogP contribution in [0.25, 0.3) is 0 Å². The van der Waals surface area contributed by atoms with Crippen molar-refractivity contribution in [3.05, 3.63) is 99.8 Å². The quantitative estimate of drug-likeness (QED) is 0.504. The van der Waals surface area contributed by atoms with Crippen molar-refractivity contribution in [3.8, 4) is 5.75 Å². The van der Waals surface area contributed by atoms with Crippen LogP contribution in [-0.4, -0.2) is 49.0 Å². The summed E-state index contributed by atoms with van der Waals surface area (Å²) in [6, 6.07) is 23.3. The van der Waals surface area contributed by atoms with Gasteiger partial charge in [-0.3, -0.25) is 9.69 Å². The van der Waals surface area contributed by atoms with Crippen LogP contribution in [0.2, 0.25) is 0 Å². The van der Waals surface area contributed by atoms with Gasteiger partial charge in [-0.1, -0.05) is 58.4 Å². The SMILES string of the molecule is COc1ccc(C(=O)N2CCN([C@H](c3ccccc3)c3ccc(Br)cc3)CC2)cc1F. The molecule has 31 heavy (non-hydrogen) atoms. The standard InChI is InChI=1S/C25H24BrFN2O2/c1-31-23-12-9-20(17-22(23)27)25(30)29-15-13-28(14-16-29)24(18-5-3-2-4-6-18)19-7-10-21(26)11-8-19/h2-12,17,24H,13-16H2,1H3/t24-/m1/s1. The van der Waals surface area contributed by atoms with E-state index in [2.05, 4.69) is 69.4 Å². The Kier molecular flexibility index (Phi) is 6.68. The summed E-state index contributed by atoms with van der Waals surface area (Å²) < 4.78 is 20.0. The summed E-state index contributed by atoms with van der Waals surface area (Å²) in [6.07, 6.45) is 0. The molecule has 0 aromatic heterocycles. The summed E-state index contributed by atoms with van der Waals surface area (Å²) in [5.74, 6) is -0.533. The van der Waals surface area contributed by atoms with Crippen LogP contribution < -0.4 is 4.74 Å². The average Bonchev–Trinajstić information content (AvgIpc) is 2.81. The van der Waals surface area contributed by atoms with E-state index in [0.717, 1.165) is 17.6 Å². The van der Waals surface area contributed by atoms with Gasteiger partial charge in [-0.15, -0.1) is 0 Å². The highest BCUT2D eigenvalue weighted by atomic mass is 79.9. The Balaban J connectivity index is 1.50. The van der Waals surface area contributed by atoms with Gasteiger partial charge in [-0.25, -0.2) is 4.39 Å². The second-order valence-corrected chi connectivity index (χ2v) is 8.46. The summed E-state index contributed by atoms with van der Waals surface area (Å²) in [6.45, 7) is 2.65. The van der Waals surface area contributed by atoms with Gasteiger partial charge in [-0.2, -0.15) is 0 Å². The van der Waals surface area contributed by atoms with Crippen molar-refractivity contribution in [3.63, 3.8) is 0 Å². The minimum absolute atomic E-state index is 0.116. The molecule has 3 aromatic rings. The Morgan fingerprint density at radius 1 is 0.935 bits per heavy atom. The lowest BCUT2D eigenvalue weighted by atomic mass is 9.96. The minimum atomic E-state index is -0.522. The van der Waals surface area contributed by atoms with E-state index >= 15 is 0 Å². The normalized spacial score (nSPS) is 15.5. The Morgan fingerprint density at radius 2 is 1.58 bits per heavy atom. The first-order chi connectivity index (χ1) is 15.1. The van der Waals surface area contributed by atoms with Crippen molar-refractivity contribution in [2.45, 2.75) is 6.04 Å². The zero-order valence-corrected chi connectivity index (χ0v) is 18.9. The predicted octanol–water partition coefficient (Wildman–Crippen LogP) is 5.14. The number of ether oxygens (including phenoxy) is 1. The molecule has 0 N–H and O–H groups in total. The zero-order valence-electron chi connectivity index (χ0n) is 17.3. The summed E-state index contributed by atoms with van der Waals surface area (Å²) in [7, 11) is 1.41. The van der Waals surface area contributed by atoms with E-state index < -0.39 is 5.82 Å². The van der Waals surface area contributed by atoms with Crippen LogP contribution in [0, 0.1) is 5.82 Å². The van der Waals surface area contributed by atoms with Gasteiger partial charge in [-0.05, 0) is 41.5 Å². The molecule has 0 radical (unpaired) electrons. The Labute approximate surface area is 190 Å². The molecular formula is C25H24BrFN2O2. The second-order valence-electron chi connectivity index (χ2n) is 7.54. The summed E-state index contributed by atoms with van der Waals surface area (Å²) in [5.41, 5.74) is 2.78. The molecule has 0 bridgehead atoms. The Bertz CT molecular complexity index is 1040. The van der Waals surface area contributed by atoms with Gasteiger partial charge in [0.1, 0.15) is 0 Å². The summed E-state index contributed by atoms with van der Waals surface area (Å²) in [4.78, 5) is 17.1. The third-order valence-electron chi connectivity index (χ3n) is 5.67. The lowest BCUT2D eigenvalue weighted by Gasteiger charge is -2.40. The molecule has 1 fully saturated rings. The monoisotopic (exact) mass is 482 g/mol. The number of methoxy groups -OCH3 is 1. The number of hydrogen-bond acceptors (Lipinski definition) is 3. The largest absolute Gasteiger partial charge is 0.494 e. The number of nitrogens with zero attached hydrogens (tertiary/aromatic N) is 2. The summed E-state index contributed by atoms with van der Waals surface area (Å²) >= 11 is 3.51. The van der Waals surface area contributed by atoms with Gasteiger partial charge in [0.05, 0.1) is 13.2 Å². The van der Waals surface area contributed by atoms with Crippen molar-refractivity contribution in [1.29, 1.82) is 0 Å². The first-order valence-electron chi connectivity index (χ1n) is 10.2. The van der Waals surface area contributed by atoms with Crippen molar-refractivity contribution in [2.24, 2.45) is 0 Å². The molecule has 1 heterocycles. The molecule has 1 aliphatic heterocycles. The fourth-order valence-corrected chi connectivity index (χ4v) is 4.32. The first-order valence-corrected chi connectivity index (χ1v) is 11.0. The molecule has 1 aliphatic rings. The van der Waals surface area contributed by atoms with Crippen LogP contribution in [0.4, 0.5) is 4.39 Å². The van der Waals surface area contributed by atoms with Crippen LogP contribution in [-0.2, 0) is 0 Å². The van der Waals surface area contributed by atoms with Crippen molar-refractivity contribution in [2.75, 3.05) is 33.3 Å². The highest BCUT2D eigenvalue weighted by molar-refractivity contribution is 9.10. The molecule has 4 nitrogen and oxygen atoms in total. The molecule has 1 atom stereocenters. The molecule has 3 aromatic carbocycles. The van der Waals surface area contributed by atoms with E-state index in [-0.39, 0.29) is 17.7 Å². The van der Waals surface area contributed by atoms with Gasteiger partial charge in [0.15, 0.2) is 11.6 Å². The lowest BCUT2D eigenvalue weighted by Crippen LogP contribution is -2.49. The number of rotatable bonds is 5. The molecule has 1 saturated heterocycles. The van der Waals surface area contributed by atoms with Gasteiger partial charge in [0, 0.05) is 36.2 Å². The van der Waals surface area contributed by atoms with Crippen molar-refractivity contribution >= 4 is 21.8 Å².